The third-order valence-corrected chi connectivity index (χ3v) is 3.64. The lowest BCUT2D eigenvalue weighted by Gasteiger charge is -2.39. The van der Waals surface area contributed by atoms with E-state index < -0.39 is 11.4 Å². The average molecular weight is 286 g/mol. The first-order valence-corrected chi connectivity index (χ1v) is 7.61. The third-order valence-electron chi connectivity index (χ3n) is 3.64. The molecule has 0 saturated heterocycles. The summed E-state index contributed by atoms with van der Waals surface area (Å²) in [4.78, 5) is 22.9. The Hall–Kier alpha value is -0.900. The molecule has 0 rings (SSSR count). The van der Waals surface area contributed by atoms with Crippen molar-refractivity contribution < 1.29 is 19.1 Å². The lowest BCUT2D eigenvalue weighted by molar-refractivity contribution is -0.269. The predicted octanol–water partition coefficient (Wildman–Crippen LogP) is 4.01. The van der Waals surface area contributed by atoms with Crippen molar-refractivity contribution in [1.82, 2.24) is 0 Å². The molecule has 0 aromatic rings. The highest BCUT2D eigenvalue weighted by Crippen LogP contribution is 2.31. The summed E-state index contributed by atoms with van der Waals surface area (Å²) in [5.74, 6) is -1.01. The molecule has 0 saturated carbocycles. The van der Waals surface area contributed by atoms with Crippen LogP contribution in [0.2, 0.25) is 0 Å². The Labute approximate surface area is 123 Å². The molecule has 4 heteroatoms. The molecule has 0 aromatic heterocycles. The molecule has 0 aromatic carbocycles. The van der Waals surface area contributed by atoms with Gasteiger partial charge in [0.15, 0.2) is 0 Å². The highest BCUT2D eigenvalue weighted by Gasteiger charge is 2.36. The van der Waals surface area contributed by atoms with Gasteiger partial charge >= 0.3 is 5.97 Å². The van der Waals surface area contributed by atoms with Gasteiger partial charge in [0.1, 0.15) is 5.78 Å². The summed E-state index contributed by atoms with van der Waals surface area (Å²) in [6.07, 6.45) is 3.62. The Morgan fingerprint density at radius 3 is 2.00 bits per heavy atom. The Kier molecular flexibility index (Phi) is 8.02. The Morgan fingerprint density at radius 2 is 1.60 bits per heavy atom. The quantitative estimate of drug-likeness (QED) is 0.450. The predicted molar refractivity (Wildman–Crippen MR) is 79.4 cm³/mol. The van der Waals surface area contributed by atoms with Crippen LogP contribution in [-0.4, -0.2) is 23.1 Å². The summed E-state index contributed by atoms with van der Waals surface area (Å²) in [6.45, 7) is 11.2. The van der Waals surface area contributed by atoms with Crippen molar-refractivity contribution in [3.05, 3.63) is 0 Å². The summed E-state index contributed by atoms with van der Waals surface area (Å²) in [7, 11) is 0. The number of hydrogen-bond donors (Lipinski definition) is 0. The monoisotopic (exact) mass is 286 g/mol. The van der Waals surface area contributed by atoms with Gasteiger partial charge in [0.2, 0.25) is 5.79 Å². The van der Waals surface area contributed by atoms with Gasteiger partial charge in [-0.25, -0.2) is 0 Å². The fourth-order valence-electron chi connectivity index (χ4n) is 1.92. The summed E-state index contributed by atoms with van der Waals surface area (Å²) < 4.78 is 11.6. The molecule has 0 spiro atoms. The first kappa shape index (κ1) is 19.1. The maximum absolute atomic E-state index is 11.7. The van der Waals surface area contributed by atoms with Gasteiger partial charge in [0, 0.05) is 26.2 Å². The SMILES string of the molecule is CCCC(=O)OC(C)(CC)OC(C)(CC)CCC(C)=O. The van der Waals surface area contributed by atoms with Crippen molar-refractivity contribution >= 4 is 11.8 Å². The van der Waals surface area contributed by atoms with Crippen molar-refractivity contribution in [2.24, 2.45) is 0 Å². The van der Waals surface area contributed by atoms with E-state index in [9.17, 15) is 9.59 Å². The molecule has 0 aliphatic heterocycles. The smallest absolute Gasteiger partial charge is 0.308 e. The normalized spacial score (nSPS) is 17.1. The zero-order chi connectivity index (χ0) is 15.8. The lowest BCUT2D eigenvalue weighted by Crippen LogP contribution is -2.43. The molecule has 0 radical (unpaired) electrons. The topological polar surface area (TPSA) is 52.6 Å². The maximum Gasteiger partial charge on any atom is 0.308 e. The second-order valence-corrected chi connectivity index (χ2v) is 5.82. The van der Waals surface area contributed by atoms with Gasteiger partial charge in [-0.05, 0) is 33.1 Å². The van der Waals surface area contributed by atoms with E-state index in [-0.39, 0.29) is 11.8 Å². The van der Waals surface area contributed by atoms with Gasteiger partial charge < -0.3 is 14.3 Å². The number of Topliss-reactive ketones (excluding diaryl/α,β-unsaturated/α-hetero) is 1. The molecule has 0 aliphatic rings. The van der Waals surface area contributed by atoms with Crippen LogP contribution in [0.4, 0.5) is 0 Å². The van der Waals surface area contributed by atoms with E-state index in [0.717, 1.165) is 12.8 Å². The number of esters is 1. The summed E-state index contributed by atoms with van der Waals surface area (Å²) in [5.41, 5.74) is -0.455. The highest BCUT2D eigenvalue weighted by molar-refractivity contribution is 5.75. The summed E-state index contributed by atoms with van der Waals surface area (Å²) >= 11 is 0. The Balaban J connectivity index is 4.77. The van der Waals surface area contributed by atoms with Crippen molar-refractivity contribution in [3.8, 4) is 0 Å². The average Bonchev–Trinajstić information content (AvgIpc) is 2.36. The van der Waals surface area contributed by atoms with Crippen molar-refractivity contribution in [2.75, 3.05) is 0 Å². The van der Waals surface area contributed by atoms with E-state index in [1.807, 2.05) is 27.7 Å². The molecule has 2 unspecified atom stereocenters. The van der Waals surface area contributed by atoms with E-state index >= 15 is 0 Å². The minimum atomic E-state index is -0.923. The van der Waals surface area contributed by atoms with E-state index in [4.69, 9.17) is 9.47 Å². The van der Waals surface area contributed by atoms with Crippen molar-refractivity contribution in [2.45, 2.75) is 91.5 Å². The van der Waals surface area contributed by atoms with E-state index in [0.29, 0.717) is 25.7 Å². The fraction of sp³-hybridized carbons (Fsp3) is 0.875. The molecular formula is C16H30O4. The van der Waals surface area contributed by atoms with Crippen LogP contribution in [0.25, 0.3) is 0 Å². The minimum absolute atomic E-state index is 0.148. The third kappa shape index (κ3) is 7.04. The van der Waals surface area contributed by atoms with Crippen LogP contribution in [-0.2, 0) is 19.1 Å². The molecule has 0 heterocycles. The van der Waals surface area contributed by atoms with Crippen LogP contribution >= 0.6 is 0 Å². The first-order valence-electron chi connectivity index (χ1n) is 7.61. The number of hydrogen-bond acceptors (Lipinski definition) is 4. The van der Waals surface area contributed by atoms with Crippen LogP contribution in [0.15, 0.2) is 0 Å². The molecule has 0 aliphatic carbocycles. The molecule has 4 nitrogen and oxygen atoms in total. The number of rotatable bonds is 10. The summed E-state index contributed by atoms with van der Waals surface area (Å²) in [6, 6.07) is 0. The van der Waals surface area contributed by atoms with Crippen molar-refractivity contribution in [3.63, 3.8) is 0 Å². The second-order valence-electron chi connectivity index (χ2n) is 5.82. The molecule has 0 bridgehead atoms. The van der Waals surface area contributed by atoms with Gasteiger partial charge in [-0.3, -0.25) is 4.79 Å². The number of ketones is 1. The van der Waals surface area contributed by atoms with Gasteiger partial charge in [-0.2, -0.15) is 0 Å². The zero-order valence-corrected chi connectivity index (χ0v) is 13.9. The van der Waals surface area contributed by atoms with Gasteiger partial charge in [0.05, 0.1) is 5.60 Å². The molecule has 2 atom stereocenters. The maximum atomic E-state index is 11.7. The molecule has 118 valence electrons. The standard InChI is InChI=1S/C16H30O4/c1-7-10-14(18)19-16(6,9-3)20-15(5,8-2)12-11-13(4)17/h7-12H2,1-6H3. The van der Waals surface area contributed by atoms with E-state index in [1.54, 1.807) is 13.8 Å². The van der Waals surface area contributed by atoms with Gasteiger partial charge in [0.25, 0.3) is 0 Å². The minimum Gasteiger partial charge on any atom is -0.433 e. The van der Waals surface area contributed by atoms with E-state index in [1.165, 1.54) is 0 Å². The zero-order valence-electron chi connectivity index (χ0n) is 13.9. The van der Waals surface area contributed by atoms with Gasteiger partial charge in [-0.1, -0.05) is 20.8 Å². The van der Waals surface area contributed by atoms with Gasteiger partial charge in [-0.15, -0.1) is 0 Å². The Bertz CT molecular complexity index is 326. The van der Waals surface area contributed by atoms with Crippen LogP contribution in [0.5, 0.6) is 0 Å². The molecule has 0 amide bonds. The van der Waals surface area contributed by atoms with Crippen molar-refractivity contribution in [1.29, 1.82) is 0 Å². The number of ether oxygens (including phenoxy) is 2. The number of carbonyl (C=O) groups is 2. The second kappa shape index (κ2) is 8.40. The summed E-state index contributed by atoms with van der Waals surface area (Å²) in [5, 5.41) is 0. The van der Waals surface area contributed by atoms with Crippen LogP contribution in [0.1, 0.15) is 80.1 Å². The van der Waals surface area contributed by atoms with Crippen LogP contribution < -0.4 is 0 Å². The van der Waals surface area contributed by atoms with E-state index in [2.05, 4.69) is 0 Å². The molecule has 0 fully saturated rings. The molecule has 0 N–H and O–H groups in total. The van der Waals surface area contributed by atoms with Crippen LogP contribution in [0, 0.1) is 0 Å². The fourth-order valence-corrected chi connectivity index (χ4v) is 1.92. The lowest BCUT2D eigenvalue weighted by atomic mass is 9.95. The van der Waals surface area contributed by atoms with Crippen LogP contribution in [0.3, 0.4) is 0 Å². The first-order chi connectivity index (χ1) is 9.20. The molecule has 20 heavy (non-hydrogen) atoms. The molecular weight excluding hydrogens is 256 g/mol. The number of carbonyl (C=O) groups excluding carboxylic acids is 2. The Morgan fingerprint density at radius 1 is 1.00 bits per heavy atom. The largest absolute Gasteiger partial charge is 0.433 e. The highest BCUT2D eigenvalue weighted by atomic mass is 16.7.